The quantitative estimate of drug-likeness (QED) is 0.843. The molecular weight excluding hydrogens is 210 g/mol. The standard InChI is InChI=1S/C15H23NO/c1-12-5-3-7-14(11-12)17-10-9-13-6-4-8-15(13)16-2/h3,5,7,11,13,15-16H,4,6,8-10H2,1-2H3. The lowest BCUT2D eigenvalue weighted by molar-refractivity contribution is 0.263. The van der Waals surface area contributed by atoms with Crippen molar-refractivity contribution in [2.75, 3.05) is 13.7 Å². The SMILES string of the molecule is CNC1CCCC1CCOc1cccc(C)c1. The predicted octanol–water partition coefficient (Wildman–Crippen LogP) is 3.15. The minimum absolute atomic E-state index is 0.705. The molecular formula is C15H23NO. The molecule has 0 amide bonds. The zero-order valence-electron chi connectivity index (χ0n) is 10.9. The van der Waals surface area contributed by atoms with Gasteiger partial charge in [0.05, 0.1) is 6.61 Å². The summed E-state index contributed by atoms with van der Waals surface area (Å²) < 4.78 is 5.81. The molecule has 2 unspecified atom stereocenters. The third kappa shape index (κ3) is 3.47. The van der Waals surface area contributed by atoms with Crippen LogP contribution < -0.4 is 10.1 Å². The van der Waals surface area contributed by atoms with Gasteiger partial charge in [0.15, 0.2) is 0 Å². The largest absolute Gasteiger partial charge is 0.494 e. The van der Waals surface area contributed by atoms with Crippen LogP contribution >= 0.6 is 0 Å². The van der Waals surface area contributed by atoms with Crippen molar-refractivity contribution in [3.05, 3.63) is 29.8 Å². The fraction of sp³-hybridized carbons (Fsp3) is 0.600. The van der Waals surface area contributed by atoms with Gasteiger partial charge in [-0.05, 0) is 56.8 Å². The maximum absolute atomic E-state index is 5.81. The lowest BCUT2D eigenvalue weighted by Crippen LogP contribution is -2.29. The van der Waals surface area contributed by atoms with Crippen LogP contribution in [0.1, 0.15) is 31.2 Å². The third-order valence-electron chi connectivity index (χ3n) is 3.78. The van der Waals surface area contributed by atoms with Crippen molar-refractivity contribution >= 4 is 0 Å². The van der Waals surface area contributed by atoms with Gasteiger partial charge in [0, 0.05) is 6.04 Å². The maximum atomic E-state index is 5.81. The monoisotopic (exact) mass is 233 g/mol. The van der Waals surface area contributed by atoms with Gasteiger partial charge in [0.1, 0.15) is 5.75 Å². The predicted molar refractivity (Wildman–Crippen MR) is 71.5 cm³/mol. The molecule has 17 heavy (non-hydrogen) atoms. The van der Waals surface area contributed by atoms with E-state index in [1.165, 1.54) is 31.2 Å². The molecule has 1 aromatic rings. The third-order valence-corrected chi connectivity index (χ3v) is 3.78. The number of rotatable bonds is 5. The van der Waals surface area contributed by atoms with Crippen molar-refractivity contribution in [3.63, 3.8) is 0 Å². The van der Waals surface area contributed by atoms with Gasteiger partial charge in [0.25, 0.3) is 0 Å². The van der Waals surface area contributed by atoms with Gasteiger partial charge in [0.2, 0.25) is 0 Å². The molecule has 2 nitrogen and oxygen atoms in total. The summed E-state index contributed by atoms with van der Waals surface area (Å²) in [5.74, 6) is 1.80. The Kier molecular flexibility index (Phi) is 4.43. The second-order valence-electron chi connectivity index (χ2n) is 5.04. The van der Waals surface area contributed by atoms with E-state index in [1.807, 2.05) is 6.07 Å². The van der Waals surface area contributed by atoms with E-state index in [9.17, 15) is 0 Å². The van der Waals surface area contributed by atoms with Crippen LogP contribution in [0.25, 0.3) is 0 Å². The van der Waals surface area contributed by atoms with Crippen LogP contribution in [-0.4, -0.2) is 19.7 Å². The summed E-state index contributed by atoms with van der Waals surface area (Å²) in [6.45, 7) is 2.94. The van der Waals surface area contributed by atoms with Crippen LogP contribution in [0, 0.1) is 12.8 Å². The number of aryl methyl sites for hydroxylation is 1. The Morgan fingerprint density at radius 2 is 2.24 bits per heavy atom. The summed E-state index contributed by atoms with van der Waals surface area (Å²) in [4.78, 5) is 0. The Bertz CT molecular complexity index is 351. The summed E-state index contributed by atoms with van der Waals surface area (Å²) in [7, 11) is 2.07. The zero-order valence-corrected chi connectivity index (χ0v) is 10.9. The average Bonchev–Trinajstić information content (AvgIpc) is 2.77. The number of nitrogens with one attached hydrogen (secondary N) is 1. The van der Waals surface area contributed by atoms with E-state index in [0.29, 0.717) is 6.04 Å². The molecule has 1 aliphatic carbocycles. The minimum atomic E-state index is 0.705. The molecule has 1 fully saturated rings. The van der Waals surface area contributed by atoms with Gasteiger partial charge in [-0.15, -0.1) is 0 Å². The Hall–Kier alpha value is -1.02. The van der Waals surface area contributed by atoms with E-state index < -0.39 is 0 Å². The molecule has 1 saturated carbocycles. The van der Waals surface area contributed by atoms with Crippen molar-refractivity contribution in [1.82, 2.24) is 5.32 Å². The Balaban J connectivity index is 1.76. The van der Waals surface area contributed by atoms with E-state index in [-0.39, 0.29) is 0 Å². The molecule has 1 aliphatic rings. The molecule has 1 aromatic carbocycles. The molecule has 0 heterocycles. The van der Waals surface area contributed by atoms with Crippen LogP contribution in [-0.2, 0) is 0 Å². The van der Waals surface area contributed by atoms with Crippen molar-refractivity contribution in [2.45, 2.75) is 38.6 Å². The van der Waals surface area contributed by atoms with Gasteiger partial charge in [-0.1, -0.05) is 18.6 Å². The highest BCUT2D eigenvalue weighted by Gasteiger charge is 2.25. The summed E-state index contributed by atoms with van der Waals surface area (Å²) in [5, 5.41) is 3.42. The van der Waals surface area contributed by atoms with E-state index in [2.05, 4.69) is 37.5 Å². The Morgan fingerprint density at radius 3 is 3.00 bits per heavy atom. The lowest BCUT2D eigenvalue weighted by Gasteiger charge is -2.18. The summed E-state index contributed by atoms with van der Waals surface area (Å²) in [6.07, 6.45) is 5.20. The van der Waals surface area contributed by atoms with Crippen molar-refractivity contribution in [2.24, 2.45) is 5.92 Å². The Morgan fingerprint density at radius 1 is 1.35 bits per heavy atom. The molecule has 0 saturated heterocycles. The second kappa shape index (κ2) is 6.06. The number of benzene rings is 1. The molecule has 1 N–H and O–H groups in total. The van der Waals surface area contributed by atoms with Gasteiger partial charge >= 0.3 is 0 Å². The van der Waals surface area contributed by atoms with E-state index in [1.54, 1.807) is 0 Å². The van der Waals surface area contributed by atoms with Crippen LogP contribution in [0.5, 0.6) is 5.75 Å². The second-order valence-corrected chi connectivity index (χ2v) is 5.04. The zero-order chi connectivity index (χ0) is 12.1. The average molecular weight is 233 g/mol. The molecule has 2 heteroatoms. The molecule has 2 rings (SSSR count). The van der Waals surface area contributed by atoms with Crippen LogP contribution in [0.4, 0.5) is 0 Å². The van der Waals surface area contributed by atoms with Crippen molar-refractivity contribution in [1.29, 1.82) is 0 Å². The first-order chi connectivity index (χ1) is 8.29. The summed E-state index contributed by atoms with van der Waals surface area (Å²) >= 11 is 0. The maximum Gasteiger partial charge on any atom is 0.119 e. The fourth-order valence-electron chi connectivity index (χ4n) is 2.80. The normalized spacial score (nSPS) is 23.9. The van der Waals surface area contributed by atoms with Gasteiger partial charge in [-0.25, -0.2) is 0 Å². The van der Waals surface area contributed by atoms with Gasteiger partial charge < -0.3 is 10.1 Å². The highest BCUT2D eigenvalue weighted by molar-refractivity contribution is 5.27. The smallest absolute Gasteiger partial charge is 0.119 e. The highest BCUT2D eigenvalue weighted by Crippen LogP contribution is 2.28. The molecule has 0 aromatic heterocycles. The molecule has 0 bridgehead atoms. The van der Waals surface area contributed by atoms with E-state index >= 15 is 0 Å². The number of hydrogen-bond acceptors (Lipinski definition) is 2. The van der Waals surface area contributed by atoms with E-state index in [0.717, 1.165) is 18.3 Å². The van der Waals surface area contributed by atoms with Crippen LogP contribution in [0.3, 0.4) is 0 Å². The molecule has 0 radical (unpaired) electrons. The fourth-order valence-corrected chi connectivity index (χ4v) is 2.80. The van der Waals surface area contributed by atoms with Gasteiger partial charge in [-0.2, -0.15) is 0 Å². The Labute approximate surface area is 104 Å². The first-order valence-corrected chi connectivity index (χ1v) is 6.66. The summed E-state index contributed by atoms with van der Waals surface area (Å²) in [5.41, 5.74) is 1.26. The molecule has 0 spiro atoms. The van der Waals surface area contributed by atoms with Crippen LogP contribution in [0.15, 0.2) is 24.3 Å². The topological polar surface area (TPSA) is 21.3 Å². The minimum Gasteiger partial charge on any atom is -0.494 e. The van der Waals surface area contributed by atoms with Crippen molar-refractivity contribution < 1.29 is 4.74 Å². The van der Waals surface area contributed by atoms with Gasteiger partial charge in [-0.3, -0.25) is 0 Å². The van der Waals surface area contributed by atoms with Crippen LogP contribution in [0.2, 0.25) is 0 Å². The number of ether oxygens (including phenoxy) is 1. The molecule has 2 atom stereocenters. The highest BCUT2D eigenvalue weighted by atomic mass is 16.5. The lowest BCUT2D eigenvalue weighted by atomic mass is 10.0. The van der Waals surface area contributed by atoms with Crippen molar-refractivity contribution in [3.8, 4) is 5.75 Å². The molecule has 0 aliphatic heterocycles. The van der Waals surface area contributed by atoms with E-state index in [4.69, 9.17) is 4.74 Å². The molecule has 94 valence electrons. The first kappa shape index (κ1) is 12.4. The summed E-state index contributed by atoms with van der Waals surface area (Å²) in [6, 6.07) is 9.00. The number of hydrogen-bond donors (Lipinski definition) is 1. The first-order valence-electron chi connectivity index (χ1n) is 6.66.